The highest BCUT2D eigenvalue weighted by Gasteiger charge is 2.13. The van der Waals surface area contributed by atoms with E-state index in [1.165, 1.54) is 11.1 Å². The fourth-order valence-corrected chi connectivity index (χ4v) is 3.26. The second-order valence-corrected chi connectivity index (χ2v) is 6.80. The highest BCUT2D eigenvalue weighted by molar-refractivity contribution is 5.79. The number of hydrogen-bond donors (Lipinski definition) is 2. The van der Waals surface area contributed by atoms with E-state index >= 15 is 0 Å². The molecule has 2 N–H and O–H groups in total. The topological polar surface area (TPSA) is 65.7 Å². The Kier molecular flexibility index (Phi) is 9.01. The maximum atomic E-state index is 5.44. The van der Waals surface area contributed by atoms with E-state index < -0.39 is 0 Å². The van der Waals surface area contributed by atoms with E-state index in [0.29, 0.717) is 6.54 Å². The van der Waals surface area contributed by atoms with Gasteiger partial charge in [-0.3, -0.25) is 9.89 Å². The lowest BCUT2D eigenvalue weighted by molar-refractivity contribution is 0.296. The number of aromatic nitrogens is 1. The molecule has 1 aromatic heterocycles. The van der Waals surface area contributed by atoms with Gasteiger partial charge in [0.1, 0.15) is 5.76 Å². The van der Waals surface area contributed by atoms with E-state index in [2.05, 4.69) is 77.6 Å². The second kappa shape index (κ2) is 11.5. The molecule has 0 aliphatic carbocycles. The average molecular weight is 386 g/mol. The molecule has 0 atom stereocenters. The maximum Gasteiger partial charge on any atom is 0.191 e. The molecule has 6 nitrogen and oxygen atoms in total. The lowest BCUT2D eigenvalue weighted by atomic mass is 10.1. The summed E-state index contributed by atoms with van der Waals surface area (Å²) in [7, 11) is 1.79. The number of benzene rings is 1. The molecule has 0 bridgehead atoms. The van der Waals surface area contributed by atoms with Crippen molar-refractivity contribution >= 4 is 5.96 Å². The zero-order chi connectivity index (χ0) is 20.4. The number of guanidine groups is 1. The third-order valence-electron chi connectivity index (χ3n) is 5.02. The van der Waals surface area contributed by atoms with Crippen LogP contribution >= 0.6 is 0 Å². The number of hydrogen-bond acceptors (Lipinski definition) is 4. The summed E-state index contributed by atoms with van der Waals surface area (Å²) in [6.45, 7) is 13.1. The number of aryl methyl sites for hydroxylation is 2. The number of aliphatic imine (C=N–C) groups is 1. The predicted octanol–water partition coefficient (Wildman–Crippen LogP) is 3.51. The monoisotopic (exact) mass is 385 g/mol. The summed E-state index contributed by atoms with van der Waals surface area (Å²) in [5.74, 6) is 1.73. The minimum absolute atomic E-state index is 0.664. The molecule has 0 unspecified atom stereocenters. The van der Waals surface area contributed by atoms with Crippen LogP contribution in [0, 0.1) is 0 Å². The lowest BCUT2D eigenvalue weighted by Crippen LogP contribution is -2.36. The highest BCUT2D eigenvalue weighted by atomic mass is 16.5. The van der Waals surface area contributed by atoms with Crippen molar-refractivity contribution in [3.63, 3.8) is 0 Å². The number of nitrogens with zero attached hydrogens (tertiary/aromatic N) is 3. The van der Waals surface area contributed by atoms with Crippen LogP contribution in [0.15, 0.2) is 33.8 Å². The van der Waals surface area contributed by atoms with Crippen molar-refractivity contribution in [1.82, 2.24) is 20.7 Å². The van der Waals surface area contributed by atoms with Gasteiger partial charge in [-0.15, -0.1) is 0 Å². The molecule has 0 aliphatic rings. The molecule has 2 aromatic rings. The second-order valence-electron chi connectivity index (χ2n) is 6.80. The van der Waals surface area contributed by atoms with Gasteiger partial charge in [-0.25, -0.2) is 0 Å². The van der Waals surface area contributed by atoms with Crippen molar-refractivity contribution in [2.24, 2.45) is 4.99 Å². The SMILES string of the molecule is CCc1noc(CC)c1CNC(=NC)NCc1cccc(CN(CC)CC)c1. The standard InChI is InChI=1S/C22H35N5O/c1-6-20-19(21(7-2)28-26-20)15-25-22(23-5)24-14-17-11-10-12-18(13-17)16-27(8-3)9-4/h10-13H,6-9,14-16H2,1-5H3,(H2,23,24,25). The molecule has 154 valence electrons. The van der Waals surface area contributed by atoms with Gasteiger partial charge in [0.05, 0.1) is 5.69 Å². The summed E-state index contributed by atoms with van der Waals surface area (Å²) in [5.41, 5.74) is 4.76. The summed E-state index contributed by atoms with van der Waals surface area (Å²) in [5, 5.41) is 11.0. The van der Waals surface area contributed by atoms with Crippen LogP contribution in [0.3, 0.4) is 0 Å². The Hall–Kier alpha value is -2.34. The molecule has 1 heterocycles. The zero-order valence-corrected chi connectivity index (χ0v) is 18.0. The fourth-order valence-electron chi connectivity index (χ4n) is 3.26. The third kappa shape index (κ3) is 6.09. The van der Waals surface area contributed by atoms with E-state index in [1.807, 2.05) is 0 Å². The van der Waals surface area contributed by atoms with E-state index in [0.717, 1.165) is 62.0 Å². The lowest BCUT2D eigenvalue weighted by Gasteiger charge is -2.18. The molecule has 0 radical (unpaired) electrons. The van der Waals surface area contributed by atoms with Crippen LogP contribution in [0.25, 0.3) is 0 Å². The van der Waals surface area contributed by atoms with Crippen LogP contribution in [-0.2, 0) is 32.5 Å². The normalized spacial score (nSPS) is 11.9. The molecule has 6 heteroatoms. The van der Waals surface area contributed by atoms with Gasteiger partial charge in [-0.2, -0.15) is 0 Å². The molecular weight excluding hydrogens is 350 g/mol. The van der Waals surface area contributed by atoms with Crippen LogP contribution in [-0.4, -0.2) is 36.2 Å². The van der Waals surface area contributed by atoms with E-state index in [1.54, 1.807) is 7.05 Å². The summed E-state index contributed by atoms with van der Waals surface area (Å²) >= 11 is 0. The van der Waals surface area contributed by atoms with Gasteiger partial charge in [0.25, 0.3) is 0 Å². The molecule has 0 saturated heterocycles. The number of nitrogens with one attached hydrogen (secondary N) is 2. The molecule has 0 spiro atoms. The molecule has 0 fully saturated rings. The molecular formula is C22H35N5O. The summed E-state index contributed by atoms with van der Waals surface area (Å²) in [4.78, 5) is 6.77. The first kappa shape index (κ1) is 22.0. The fraction of sp³-hybridized carbons (Fsp3) is 0.545. The van der Waals surface area contributed by atoms with E-state index in [4.69, 9.17) is 4.52 Å². The van der Waals surface area contributed by atoms with Crippen LogP contribution < -0.4 is 10.6 Å². The van der Waals surface area contributed by atoms with Crippen LogP contribution in [0.2, 0.25) is 0 Å². The largest absolute Gasteiger partial charge is 0.361 e. The van der Waals surface area contributed by atoms with Crippen molar-refractivity contribution in [2.45, 2.75) is 60.2 Å². The minimum Gasteiger partial charge on any atom is -0.361 e. The Morgan fingerprint density at radius 3 is 2.39 bits per heavy atom. The molecule has 0 aliphatic heterocycles. The van der Waals surface area contributed by atoms with Crippen molar-refractivity contribution < 1.29 is 4.52 Å². The van der Waals surface area contributed by atoms with Gasteiger partial charge in [0.2, 0.25) is 0 Å². The van der Waals surface area contributed by atoms with Crippen molar-refractivity contribution in [3.8, 4) is 0 Å². The van der Waals surface area contributed by atoms with Gasteiger partial charge < -0.3 is 15.2 Å². The first-order valence-corrected chi connectivity index (χ1v) is 10.4. The first-order valence-electron chi connectivity index (χ1n) is 10.4. The minimum atomic E-state index is 0.664. The van der Waals surface area contributed by atoms with Gasteiger partial charge in [0, 0.05) is 38.7 Å². The van der Waals surface area contributed by atoms with Crippen LogP contribution in [0.5, 0.6) is 0 Å². The molecule has 0 saturated carbocycles. The predicted molar refractivity (Wildman–Crippen MR) is 115 cm³/mol. The molecule has 2 rings (SSSR count). The Balaban J connectivity index is 1.93. The van der Waals surface area contributed by atoms with Gasteiger partial charge in [-0.1, -0.05) is 57.1 Å². The van der Waals surface area contributed by atoms with Crippen LogP contribution in [0.4, 0.5) is 0 Å². The zero-order valence-electron chi connectivity index (χ0n) is 18.0. The van der Waals surface area contributed by atoms with Gasteiger partial charge in [-0.05, 0) is 30.6 Å². The molecule has 0 amide bonds. The summed E-state index contributed by atoms with van der Waals surface area (Å²) in [6, 6.07) is 8.74. The first-order chi connectivity index (χ1) is 13.6. The maximum absolute atomic E-state index is 5.44. The van der Waals surface area contributed by atoms with Crippen molar-refractivity contribution in [3.05, 3.63) is 52.4 Å². The summed E-state index contributed by atoms with van der Waals surface area (Å²) in [6.07, 6.45) is 1.71. The Bertz CT molecular complexity index is 728. The highest BCUT2D eigenvalue weighted by Crippen LogP contribution is 2.15. The van der Waals surface area contributed by atoms with E-state index in [9.17, 15) is 0 Å². The Morgan fingerprint density at radius 1 is 1.04 bits per heavy atom. The third-order valence-corrected chi connectivity index (χ3v) is 5.02. The van der Waals surface area contributed by atoms with E-state index in [-0.39, 0.29) is 0 Å². The average Bonchev–Trinajstić information content (AvgIpc) is 3.14. The summed E-state index contributed by atoms with van der Waals surface area (Å²) < 4.78 is 5.44. The van der Waals surface area contributed by atoms with Gasteiger partial charge >= 0.3 is 0 Å². The van der Waals surface area contributed by atoms with Crippen LogP contribution in [0.1, 0.15) is 55.8 Å². The number of rotatable bonds is 10. The Morgan fingerprint density at radius 2 is 1.75 bits per heavy atom. The molecule has 28 heavy (non-hydrogen) atoms. The Labute approximate surface area is 169 Å². The smallest absolute Gasteiger partial charge is 0.191 e. The quantitative estimate of drug-likeness (QED) is 0.484. The van der Waals surface area contributed by atoms with Gasteiger partial charge in [0.15, 0.2) is 5.96 Å². The van der Waals surface area contributed by atoms with Crippen molar-refractivity contribution in [2.75, 3.05) is 20.1 Å². The molecule has 1 aromatic carbocycles. The van der Waals surface area contributed by atoms with Crippen molar-refractivity contribution in [1.29, 1.82) is 0 Å².